The highest BCUT2D eigenvalue weighted by atomic mass is 19.1. The number of amides is 3. The maximum Gasteiger partial charge on any atom is 0.323 e. The molecule has 4 N–H and O–H groups in total. The van der Waals surface area contributed by atoms with Crippen LogP contribution in [0.15, 0.2) is 54.7 Å². The highest BCUT2D eigenvalue weighted by Gasteiger charge is 2.27. The zero-order chi connectivity index (χ0) is 26.8. The van der Waals surface area contributed by atoms with Gasteiger partial charge in [-0.3, -0.25) is 19.2 Å². The van der Waals surface area contributed by atoms with Gasteiger partial charge in [0.2, 0.25) is 23.5 Å². The Balaban J connectivity index is 1.75. The van der Waals surface area contributed by atoms with E-state index in [2.05, 4.69) is 25.7 Å². The molecule has 3 amide bonds. The number of benzene rings is 2. The summed E-state index contributed by atoms with van der Waals surface area (Å²) in [4.78, 5) is 55.7. The van der Waals surface area contributed by atoms with Crippen LogP contribution in [0.3, 0.4) is 0 Å². The van der Waals surface area contributed by atoms with Gasteiger partial charge in [-0.15, -0.1) is 0 Å². The van der Waals surface area contributed by atoms with E-state index in [-0.39, 0.29) is 25.8 Å². The molecule has 3 aromatic rings. The van der Waals surface area contributed by atoms with Crippen molar-refractivity contribution in [2.75, 3.05) is 0 Å². The molecule has 0 radical (unpaired) electrons. The van der Waals surface area contributed by atoms with E-state index in [9.17, 15) is 23.6 Å². The predicted octanol–water partition coefficient (Wildman–Crippen LogP) is 1.81. The second-order valence-electron chi connectivity index (χ2n) is 8.47. The number of rotatable bonds is 12. The average Bonchev–Trinajstić information content (AvgIpc) is 3.28. The lowest BCUT2D eigenvalue weighted by Crippen LogP contribution is -2.54. The molecule has 192 valence electrons. The summed E-state index contributed by atoms with van der Waals surface area (Å²) in [6.07, 6.45) is 2.38. The van der Waals surface area contributed by atoms with E-state index in [4.69, 9.17) is 5.53 Å². The molecule has 2 aromatic carbocycles. The molecular formula is C26H27FN6O4. The Morgan fingerprint density at radius 2 is 1.76 bits per heavy atom. The van der Waals surface area contributed by atoms with Gasteiger partial charge >= 0.3 is 6.21 Å². The first kappa shape index (κ1) is 27.0. The molecule has 0 aliphatic rings. The molecule has 10 nitrogen and oxygen atoms in total. The van der Waals surface area contributed by atoms with E-state index in [1.165, 1.54) is 31.2 Å². The number of carbonyl (C=O) groups excluding carboxylic acids is 4. The van der Waals surface area contributed by atoms with Gasteiger partial charge < -0.3 is 26.5 Å². The minimum Gasteiger partial charge on any atom is -0.361 e. The molecule has 0 aliphatic carbocycles. The number of para-hydroxylation sites is 1. The van der Waals surface area contributed by atoms with Gasteiger partial charge in [0.05, 0.1) is 0 Å². The second kappa shape index (κ2) is 12.9. The van der Waals surface area contributed by atoms with Gasteiger partial charge in [-0.25, -0.2) is 4.39 Å². The minimum absolute atomic E-state index is 0.0714. The molecule has 2 atom stereocenters. The van der Waals surface area contributed by atoms with Gasteiger partial charge in [-0.1, -0.05) is 30.3 Å². The molecule has 1 heterocycles. The third-order valence-corrected chi connectivity index (χ3v) is 5.69. The average molecular weight is 507 g/mol. The highest BCUT2D eigenvalue weighted by Crippen LogP contribution is 2.19. The summed E-state index contributed by atoms with van der Waals surface area (Å²) in [6.45, 7) is 1.36. The third-order valence-electron chi connectivity index (χ3n) is 5.69. The number of nitrogens with one attached hydrogen (secondary N) is 4. The normalized spacial score (nSPS) is 12.2. The van der Waals surface area contributed by atoms with Crippen molar-refractivity contribution in [3.05, 3.63) is 77.2 Å². The summed E-state index contributed by atoms with van der Waals surface area (Å²) in [5.74, 6) is -2.55. The van der Waals surface area contributed by atoms with Gasteiger partial charge in [0.1, 0.15) is 17.9 Å². The van der Waals surface area contributed by atoms with Crippen molar-refractivity contribution in [1.82, 2.24) is 20.9 Å². The first-order valence-electron chi connectivity index (χ1n) is 11.6. The van der Waals surface area contributed by atoms with Gasteiger partial charge in [0.15, 0.2) is 0 Å². The fourth-order valence-corrected chi connectivity index (χ4v) is 3.85. The fraction of sp³-hybridized carbons (Fsp3) is 0.269. The van der Waals surface area contributed by atoms with Crippen molar-refractivity contribution in [2.45, 2.75) is 44.8 Å². The largest absolute Gasteiger partial charge is 0.361 e. The van der Waals surface area contributed by atoms with Gasteiger partial charge in [0, 0.05) is 43.4 Å². The summed E-state index contributed by atoms with van der Waals surface area (Å²) in [7, 11) is 0. The Labute approximate surface area is 212 Å². The Bertz CT molecular complexity index is 1330. The smallest absolute Gasteiger partial charge is 0.323 e. The topological polar surface area (TPSA) is 157 Å². The van der Waals surface area contributed by atoms with Gasteiger partial charge in [-0.2, -0.15) is 4.79 Å². The molecule has 0 spiro atoms. The van der Waals surface area contributed by atoms with Crippen LogP contribution in [0.5, 0.6) is 0 Å². The van der Waals surface area contributed by atoms with Crippen LogP contribution in [0.2, 0.25) is 0 Å². The minimum atomic E-state index is -1.12. The highest BCUT2D eigenvalue weighted by molar-refractivity contribution is 6.25. The molecule has 3 rings (SSSR count). The summed E-state index contributed by atoms with van der Waals surface area (Å²) in [6, 6.07) is 11.0. The monoisotopic (exact) mass is 506 g/mol. The van der Waals surface area contributed by atoms with E-state index in [1.54, 1.807) is 6.20 Å². The standard InChI is InChI=1S/C26H27FN6O4/c1-16(34)32-24(12-18-14-29-22-5-3-2-4-21(18)22)26(37)33-23(11-10-20(35)15-31-28)25(36)30-13-17-6-8-19(27)9-7-17/h2-9,14-15,23-24,29H,10-13H2,1H3,(H,30,36)(H,32,34)(H,33,37)/t23-,24-/m0/s1. The first-order chi connectivity index (χ1) is 17.8. The number of aromatic nitrogens is 1. The van der Waals surface area contributed by atoms with E-state index >= 15 is 0 Å². The molecule has 1 aromatic heterocycles. The number of hydrogen-bond acceptors (Lipinski definition) is 4. The van der Waals surface area contributed by atoms with Crippen LogP contribution in [-0.4, -0.2) is 51.6 Å². The van der Waals surface area contributed by atoms with Crippen molar-refractivity contribution in [3.8, 4) is 0 Å². The molecule has 0 saturated heterocycles. The third kappa shape index (κ3) is 7.94. The number of Topliss-reactive ketones (excluding diaryl/α,β-unsaturated/α-hetero) is 1. The molecule has 0 bridgehead atoms. The molecule has 0 unspecified atom stereocenters. The quantitative estimate of drug-likeness (QED) is 0.168. The maximum absolute atomic E-state index is 13.2. The van der Waals surface area contributed by atoms with Crippen LogP contribution in [-0.2, 0) is 32.1 Å². The number of fused-ring (bicyclic) bond motifs is 1. The molecule has 0 fully saturated rings. The van der Waals surface area contributed by atoms with Gasteiger partial charge in [-0.05, 0) is 35.7 Å². The van der Waals surface area contributed by atoms with Crippen molar-refractivity contribution in [2.24, 2.45) is 0 Å². The van der Waals surface area contributed by atoms with E-state index in [1.807, 2.05) is 24.3 Å². The summed E-state index contributed by atoms with van der Waals surface area (Å²) >= 11 is 0. The summed E-state index contributed by atoms with van der Waals surface area (Å²) in [5, 5.41) is 8.82. The fourth-order valence-electron chi connectivity index (χ4n) is 3.85. The van der Waals surface area contributed by atoms with Crippen LogP contribution in [0, 0.1) is 5.82 Å². The number of H-pyrrole nitrogens is 1. The molecule has 37 heavy (non-hydrogen) atoms. The summed E-state index contributed by atoms with van der Waals surface area (Å²) in [5.41, 5.74) is 10.9. The number of carbonyl (C=O) groups is 4. The second-order valence-corrected chi connectivity index (χ2v) is 8.47. The van der Waals surface area contributed by atoms with Crippen LogP contribution in [0.1, 0.15) is 30.9 Å². The molecule has 0 saturated carbocycles. The lowest BCUT2D eigenvalue weighted by molar-refractivity contribution is -0.132. The van der Waals surface area contributed by atoms with Crippen LogP contribution in [0.25, 0.3) is 16.4 Å². The van der Waals surface area contributed by atoms with E-state index in [0.29, 0.717) is 11.8 Å². The zero-order valence-electron chi connectivity index (χ0n) is 20.2. The Morgan fingerprint density at radius 3 is 2.46 bits per heavy atom. The summed E-state index contributed by atoms with van der Waals surface area (Å²) < 4.78 is 13.2. The molecule has 11 heteroatoms. The van der Waals surface area contributed by atoms with E-state index < -0.39 is 41.4 Å². The number of nitrogens with zero attached hydrogens (tertiary/aromatic N) is 2. The molecule has 0 aliphatic heterocycles. The number of hydrogen-bond donors (Lipinski definition) is 4. The lowest BCUT2D eigenvalue weighted by atomic mass is 10.0. The Hall–Kier alpha value is -4.63. The van der Waals surface area contributed by atoms with Crippen molar-refractivity contribution in [1.29, 1.82) is 0 Å². The maximum atomic E-state index is 13.2. The van der Waals surface area contributed by atoms with Crippen molar-refractivity contribution < 1.29 is 28.4 Å². The number of aromatic amines is 1. The Morgan fingerprint density at radius 1 is 1.03 bits per heavy atom. The zero-order valence-corrected chi connectivity index (χ0v) is 20.2. The van der Waals surface area contributed by atoms with Crippen LogP contribution >= 0.6 is 0 Å². The number of ketones is 1. The Kier molecular flexibility index (Phi) is 9.40. The predicted molar refractivity (Wildman–Crippen MR) is 134 cm³/mol. The van der Waals surface area contributed by atoms with E-state index in [0.717, 1.165) is 16.5 Å². The van der Waals surface area contributed by atoms with Crippen LogP contribution in [0.4, 0.5) is 4.39 Å². The SMILES string of the molecule is CC(=O)N[C@@H](Cc1c[nH]c2ccccc12)C(=O)N[C@@H](CCC(=O)C=[N+]=[N-])C(=O)NCc1ccc(F)cc1. The van der Waals surface area contributed by atoms with Gasteiger partial charge in [0.25, 0.3) is 0 Å². The van der Waals surface area contributed by atoms with Crippen LogP contribution < -0.4 is 16.0 Å². The van der Waals surface area contributed by atoms with Crippen molar-refractivity contribution >= 4 is 40.6 Å². The first-order valence-corrected chi connectivity index (χ1v) is 11.6. The number of halogens is 1. The molecular weight excluding hydrogens is 479 g/mol. The lowest BCUT2D eigenvalue weighted by Gasteiger charge is -2.22. The van der Waals surface area contributed by atoms with Crippen molar-refractivity contribution in [3.63, 3.8) is 0 Å².